The van der Waals surface area contributed by atoms with Gasteiger partial charge in [0.15, 0.2) is 6.61 Å². The zero-order valence-corrected chi connectivity index (χ0v) is 9.25. The average molecular weight is 244 g/mol. The van der Waals surface area contributed by atoms with Crippen molar-refractivity contribution in [1.29, 1.82) is 0 Å². The number of rotatable bonds is 4. The summed E-state index contributed by atoms with van der Waals surface area (Å²) in [6, 6.07) is 1.55. The Bertz CT molecular complexity index is 422. The summed E-state index contributed by atoms with van der Waals surface area (Å²) in [5, 5.41) is 0.257. The molecule has 0 spiro atoms. The summed E-state index contributed by atoms with van der Waals surface area (Å²) in [5.74, 6) is -1.27. The molecule has 0 atom stereocenters. The number of halogens is 1. The second-order valence-electron chi connectivity index (χ2n) is 2.99. The quantitative estimate of drug-likeness (QED) is 0.738. The van der Waals surface area contributed by atoms with Gasteiger partial charge in [-0.25, -0.2) is 5.48 Å². The summed E-state index contributed by atoms with van der Waals surface area (Å²) in [4.78, 5) is 30.2. The van der Waals surface area contributed by atoms with Crippen LogP contribution in [0.3, 0.4) is 0 Å². The molecule has 0 aliphatic carbocycles. The van der Waals surface area contributed by atoms with E-state index >= 15 is 0 Å². The van der Waals surface area contributed by atoms with Gasteiger partial charge in [-0.15, -0.1) is 0 Å². The lowest BCUT2D eigenvalue weighted by atomic mass is 10.2. The van der Waals surface area contributed by atoms with Gasteiger partial charge in [-0.05, 0) is 13.0 Å². The average Bonchev–Trinajstić information content (AvgIpc) is 2.16. The van der Waals surface area contributed by atoms with Crippen LogP contribution in [0.1, 0.15) is 16.1 Å². The first kappa shape index (κ1) is 12.4. The molecule has 0 bridgehead atoms. The number of hydroxylamine groups is 1. The minimum atomic E-state index is -0.687. The maximum Gasteiger partial charge on any atom is 0.277 e. The lowest BCUT2D eigenvalue weighted by molar-refractivity contribution is -0.124. The van der Waals surface area contributed by atoms with Crippen molar-refractivity contribution in [3.63, 3.8) is 0 Å². The van der Waals surface area contributed by atoms with E-state index in [1.54, 1.807) is 13.0 Å². The van der Waals surface area contributed by atoms with Crippen molar-refractivity contribution in [2.24, 2.45) is 5.73 Å². The lowest BCUT2D eigenvalue weighted by Crippen LogP contribution is -2.29. The first-order valence-electron chi connectivity index (χ1n) is 4.33. The molecule has 3 N–H and O–H groups in total. The van der Waals surface area contributed by atoms with Gasteiger partial charge in [-0.1, -0.05) is 11.6 Å². The fraction of sp³-hybridized carbons (Fsp3) is 0.222. The minimum absolute atomic E-state index is 0.164. The Labute approximate surface area is 96.7 Å². The highest BCUT2D eigenvalue weighted by atomic mass is 35.5. The van der Waals surface area contributed by atoms with Crippen LogP contribution in [0.2, 0.25) is 5.02 Å². The first-order valence-corrected chi connectivity index (χ1v) is 4.71. The highest BCUT2D eigenvalue weighted by molar-refractivity contribution is 6.33. The molecule has 0 aliphatic rings. The van der Waals surface area contributed by atoms with Crippen LogP contribution >= 0.6 is 11.6 Å². The number of carbonyl (C=O) groups is 2. The number of nitrogens with one attached hydrogen (secondary N) is 1. The highest BCUT2D eigenvalue weighted by Gasteiger charge is 2.11. The van der Waals surface area contributed by atoms with Crippen LogP contribution < -0.4 is 11.2 Å². The molecule has 0 saturated heterocycles. The molecule has 0 fully saturated rings. The maximum atomic E-state index is 11.4. The fourth-order valence-corrected chi connectivity index (χ4v) is 1.21. The van der Waals surface area contributed by atoms with E-state index in [1.165, 1.54) is 6.20 Å². The Hall–Kier alpha value is -1.66. The number of carbonyl (C=O) groups excluding carboxylic acids is 2. The Morgan fingerprint density at radius 1 is 1.62 bits per heavy atom. The number of nitrogens with two attached hydrogens (primary N) is 1. The van der Waals surface area contributed by atoms with Crippen molar-refractivity contribution in [3.8, 4) is 0 Å². The predicted molar refractivity (Wildman–Crippen MR) is 56.6 cm³/mol. The predicted octanol–water partition coefficient (Wildman–Crippen LogP) is 0.190. The van der Waals surface area contributed by atoms with Crippen LogP contribution in [0.5, 0.6) is 0 Å². The van der Waals surface area contributed by atoms with Gasteiger partial charge in [0.25, 0.3) is 5.91 Å². The number of amides is 2. The molecule has 1 rings (SSSR count). The Balaban J connectivity index is 2.63. The van der Waals surface area contributed by atoms with Gasteiger partial charge in [-0.3, -0.25) is 19.4 Å². The van der Waals surface area contributed by atoms with Crippen LogP contribution in [-0.4, -0.2) is 23.4 Å². The SMILES string of the molecule is Cc1cc(Cl)c(C(=O)NOCC(N)=O)cn1. The molecule has 2 amide bonds. The zero-order valence-electron chi connectivity index (χ0n) is 8.49. The Morgan fingerprint density at radius 3 is 2.88 bits per heavy atom. The van der Waals surface area contributed by atoms with E-state index in [9.17, 15) is 9.59 Å². The fourth-order valence-electron chi connectivity index (χ4n) is 0.921. The molecular weight excluding hydrogens is 234 g/mol. The third-order valence-corrected chi connectivity index (χ3v) is 1.93. The number of aryl methyl sites for hydroxylation is 1. The monoisotopic (exact) mass is 243 g/mol. The molecule has 0 unspecified atom stereocenters. The zero-order chi connectivity index (χ0) is 12.1. The van der Waals surface area contributed by atoms with Gasteiger partial charge < -0.3 is 5.73 Å². The summed E-state index contributed by atoms with van der Waals surface area (Å²) < 4.78 is 0. The summed E-state index contributed by atoms with van der Waals surface area (Å²) in [5.41, 5.74) is 7.70. The van der Waals surface area contributed by atoms with E-state index in [0.29, 0.717) is 5.69 Å². The Kier molecular flexibility index (Phi) is 4.21. The van der Waals surface area contributed by atoms with Crippen LogP contribution in [0.4, 0.5) is 0 Å². The number of nitrogens with zero attached hydrogens (tertiary/aromatic N) is 1. The normalized spacial score (nSPS) is 9.88. The first-order chi connectivity index (χ1) is 7.50. The number of hydrogen-bond donors (Lipinski definition) is 2. The molecule has 0 aliphatic heterocycles. The number of hydrogen-bond acceptors (Lipinski definition) is 4. The van der Waals surface area contributed by atoms with Crippen molar-refractivity contribution in [3.05, 3.63) is 28.5 Å². The molecule has 6 nitrogen and oxygen atoms in total. The topological polar surface area (TPSA) is 94.3 Å². The van der Waals surface area contributed by atoms with Crippen LogP contribution in [-0.2, 0) is 9.63 Å². The van der Waals surface area contributed by atoms with Crippen molar-refractivity contribution < 1.29 is 14.4 Å². The van der Waals surface area contributed by atoms with E-state index in [2.05, 4.69) is 9.82 Å². The molecule has 0 radical (unpaired) electrons. The van der Waals surface area contributed by atoms with Crippen LogP contribution in [0.15, 0.2) is 12.3 Å². The van der Waals surface area contributed by atoms with Crippen LogP contribution in [0.25, 0.3) is 0 Å². The van der Waals surface area contributed by atoms with Gasteiger partial charge in [0, 0.05) is 11.9 Å². The molecule has 1 heterocycles. The van der Waals surface area contributed by atoms with Gasteiger partial charge >= 0.3 is 0 Å². The van der Waals surface area contributed by atoms with E-state index in [-0.39, 0.29) is 10.6 Å². The maximum absolute atomic E-state index is 11.4. The molecule has 86 valence electrons. The van der Waals surface area contributed by atoms with Crippen molar-refractivity contribution in [2.45, 2.75) is 6.92 Å². The molecule has 1 aromatic rings. The van der Waals surface area contributed by atoms with Crippen molar-refractivity contribution in [1.82, 2.24) is 10.5 Å². The second kappa shape index (κ2) is 5.43. The standard InChI is InChI=1S/C9H10ClN3O3/c1-5-2-7(10)6(3-12-5)9(15)13-16-4-8(11)14/h2-3H,4H2,1H3,(H2,11,14)(H,13,15). The Morgan fingerprint density at radius 2 is 2.31 bits per heavy atom. The van der Waals surface area contributed by atoms with Crippen molar-refractivity contribution >= 4 is 23.4 Å². The summed E-state index contributed by atoms with van der Waals surface area (Å²) >= 11 is 5.82. The van der Waals surface area contributed by atoms with E-state index in [0.717, 1.165) is 0 Å². The number of aromatic nitrogens is 1. The van der Waals surface area contributed by atoms with Crippen molar-refractivity contribution in [2.75, 3.05) is 6.61 Å². The number of pyridine rings is 1. The molecule has 0 saturated carbocycles. The molecule has 7 heteroatoms. The summed E-state index contributed by atoms with van der Waals surface area (Å²) in [6.45, 7) is 1.35. The van der Waals surface area contributed by atoms with Gasteiger partial charge in [-0.2, -0.15) is 0 Å². The highest BCUT2D eigenvalue weighted by Crippen LogP contribution is 2.15. The largest absolute Gasteiger partial charge is 0.368 e. The second-order valence-corrected chi connectivity index (χ2v) is 3.40. The van der Waals surface area contributed by atoms with Gasteiger partial charge in [0.05, 0.1) is 10.6 Å². The minimum Gasteiger partial charge on any atom is -0.368 e. The van der Waals surface area contributed by atoms with Gasteiger partial charge in [0.1, 0.15) is 0 Å². The lowest BCUT2D eigenvalue weighted by Gasteiger charge is -2.05. The molecule has 0 aromatic carbocycles. The molecule has 1 aromatic heterocycles. The molecule has 16 heavy (non-hydrogen) atoms. The van der Waals surface area contributed by atoms with E-state index in [1.807, 2.05) is 5.48 Å². The third kappa shape index (κ3) is 3.48. The third-order valence-electron chi connectivity index (χ3n) is 1.61. The smallest absolute Gasteiger partial charge is 0.277 e. The molecular formula is C9H10ClN3O3. The van der Waals surface area contributed by atoms with Gasteiger partial charge in [0.2, 0.25) is 5.91 Å². The van der Waals surface area contributed by atoms with E-state index in [4.69, 9.17) is 17.3 Å². The number of primary amides is 1. The summed E-state index contributed by atoms with van der Waals surface area (Å²) in [6.07, 6.45) is 1.32. The van der Waals surface area contributed by atoms with Crippen LogP contribution in [0, 0.1) is 6.92 Å². The van der Waals surface area contributed by atoms with E-state index < -0.39 is 18.4 Å². The summed E-state index contributed by atoms with van der Waals surface area (Å²) in [7, 11) is 0.